The topological polar surface area (TPSA) is 83.6 Å². The minimum absolute atomic E-state index is 0.0521. The van der Waals surface area contributed by atoms with Crippen molar-refractivity contribution in [1.29, 1.82) is 0 Å². The minimum Gasteiger partial charge on any atom is -0.481 e. The maximum Gasteiger partial charge on any atom is 0.308 e. The molecule has 2 heterocycles. The molecule has 0 aliphatic carbocycles. The number of rotatable bonds is 4. The van der Waals surface area contributed by atoms with E-state index in [0.29, 0.717) is 19.3 Å². The summed E-state index contributed by atoms with van der Waals surface area (Å²) in [4.78, 5) is 25.5. The van der Waals surface area contributed by atoms with E-state index in [2.05, 4.69) is 0 Å². The Morgan fingerprint density at radius 1 is 1.33 bits per heavy atom. The lowest BCUT2D eigenvalue weighted by Crippen LogP contribution is -2.56. The normalized spacial score (nSPS) is 30.8. The van der Waals surface area contributed by atoms with Crippen LogP contribution < -0.4 is 5.73 Å². The average molecular weight is 254 g/mol. The van der Waals surface area contributed by atoms with Crippen LogP contribution in [0.5, 0.6) is 0 Å². The summed E-state index contributed by atoms with van der Waals surface area (Å²) in [6.07, 6.45) is 3.50. The molecule has 3 unspecified atom stereocenters. The SMILES string of the molecule is CCC(N)(CC)C(=O)N1C2CCC1C(C(=O)O)C2. The molecule has 0 aromatic rings. The molecule has 2 fully saturated rings. The predicted octanol–water partition coefficient (Wildman–Crippen LogP) is 0.968. The van der Waals surface area contributed by atoms with Crippen LogP contribution in [0.15, 0.2) is 0 Å². The van der Waals surface area contributed by atoms with Gasteiger partial charge in [-0.2, -0.15) is 0 Å². The molecular formula is C13H22N2O3. The maximum absolute atomic E-state index is 12.6. The third-order valence-electron chi connectivity index (χ3n) is 4.78. The van der Waals surface area contributed by atoms with Gasteiger partial charge in [0, 0.05) is 12.1 Å². The standard InChI is InChI=1S/C13H22N2O3/c1-3-13(14,4-2)12(18)15-8-5-6-10(15)9(7-8)11(16)17/h8-10H,3-7,14H2,1-2H3,(H,16,17). The van der Waals surface area contributed by atoms with Gasteiger partial charge < -0.3 is 15.7 Å². The smallest absolute Gasteiger partial charge is 0.308 e. The van der Waals surface area contributed by atoms with E-state index in [4.69, 9.17) is 5.73 Å². The molecule has 5 heteroatoms. The van der Waals surface area contributed by atoms with E-state index in [-0.39, 0.29) is 18.0 Å². The van der Waals surface area contributed by atoms with E-state index >= 15 is 0 Å². The lowest BCUT2D eigenvalue weighted by molar-refractivity contribution is -0.144. The van der Waals surface area contributed by atoms with Gasteiger partial charge in [0.15, 0.2) is 0 Å². The van der Waals surface area contributed by atoms with Gasteiger partial charge in [-0.15, -0.1) is 0 Å². The summed E-state index contributed by atoms with van der Waals surface area (Å²) in [5.74, 6) is -1.23. The number of nitrogens with zero attached hydrogens (tertiary/aromatic N) is 1. The molecule has 5 nitrogen and oxygen atoms in total. The molecule has 0 aromatic heterocycles. The van der Waals surface area contributed by atoms with Crippen LogP contribution in [0.4, 0.5) is 0 Å². The maximum atomic E-state index is 12.6. The molecule has 2 saturated heterocycles. The zero-order valence-electron chi connectivity index (χ0n) is 11.1. The summed E-state index contributed by atoms with van der Waals surface area (Å²) in [7, 11) is 0. The van der Waals surface area contributed by atoms with Crippen molar-refractivity contribution in [2.45, 2.75) is 63.6 Å². The molecule has 0 aromatic carbocycles. The van der Waals surface area contributed by atoms with Gasteiger partial charge in [-0.05, 0) is 32.1 Å². The monoisotopic (exact) mass is 254 g/mol. The van der Waals surface area contributed by atoms with E-state index in [1.807, 2.05) is 13.8 Å². The third kappa shape index (κ3) is 1.81. The van der Waals surface area contributed by atoms with Crippen molar-refractivity contribution in [3.8, 4) is 0 Å². The first-order chi connectivity index (χ1) is 8.44. The number of amides is 1. The molecule has 0 radical (unpaired) electrons. The van der Waals surface area contributed by atoms with Crippen molar-refractivity contribution in [2.24, 2.45) is 11.7 Å². The van der Waals surface area contributed by atoms with E-state index in [0.717, 1.165) is 12.8 Å². The number of hydrogen-bond donors (Lipinski definition) is 2. The fraction of sp³-hybridized carbons (Fsp3) is 0.846. The zero-order chi connectivity index (χ0) is 13.5. The third-order valence-corrected chi connectivity index (χ3v) is 4.78. The molecule has 3 atom stereocenters. The molecular weight excluding hydrogens is 232 g/mol. The second kappa shape index (κ2) is 4.53. The summed E-state index contributed by atoms with van der Waals surface area (Å²) >= 11 is 0. The van der Waals surface area contributed by atoms with Crippen molar-refractivity contribution >= 4 is 11.9 Å². The van der Waals surface area contributed by atoms with Gasteiger partial charge in [0.2, 0.25) is 5.91 Å². The molecule has 0 saturated carbocycles. The summed E-state index contributed by atoms with van der Waals surface area (Å²) in [5, 5.41) is 9.18. The number of aliphatic carboxylic acids is 1. The number of carboxylic acid groups (broad SMARTS) is 1. The Morgan fingerprint density at radius 3 is 2.39 bits per heavy atom. The quantitative estimate of drug-likeness (QED) is 0.783. The Morgan fingerprint density at radius 2 is 1.94 bits per heavy atom. The number of carbonyl (C=O) groups excluding carboxylic acids is 1. The highest BCUT2D eigenvalue weighted by molar-refractivity contribution is 5.88. The van der Waals surface area contributed by atoms with Crippen LogP contribution in [0.25, 0.3) is 0 Å². The Hall–Kier alpha value is -1.10. The lowest BCUT2D eigenvalue weighted by Gasteiger charge is -2.33. The summed E-state index contributed by atoms with van der Waals surface area (Å²) in [5.41, 5.74) is 5.33. The van der Waals surface area contributed by atoms with E-state index in [9.17, 15) is 14.7 Å². The highest BCUT2D eigenvalue weighted by Gasteiger charge is 2.53. The molecule has 2 aliphatic rings. The zero-order valence-corrected chi connectivity index (χ0v) is 11.1. The van der Waals surface area contributed by atoms with Crippen LogP contribution in [0.2, 0.25) is 0 Å². The molecule has 2 aliphatic heterocycles. The van der Waals surface area contributed by atoms with Gasteiger partial charge in [0.05, 0.1) is 11.5 Å². The fourth-order valence-electron chi connectivity index (χ4n) is 3.38. The van der Waals surface area contributed by atoms with E-state index in [1.54, 1.807) is 4.90 Å². The Labute approximate surface area is 107 Å². The Bertz CT molecular complexity index is 365. The lowest BCUT2D eigenvalue weighted by atomic mass is 9.89. The highest BCUT2D eigenvalue weighted by atomic mass is 16.4. The predicted molar refractivity (Wildman–Crippen MR) is 66.9 cm³/mol. The first-order valence-electron chi connectivity index (χ1n) is 6.79. The number of nitrogens with two attached hydrogens (primary N) is 1. The molecule has 3 N–H and O–H groups in total. The van der Waals surface area contributed by atoms with Crippen LogP contribution in [-0.4, -0.2) is 39.5 Å². The number of carboxylic acids is 1. The van der Waals surface area contributed by atoms with Crippen LogP contribution in [0.1, 0.15) is 46.0 Å². The van der Waals surface area contributed by atoms with Crippen molar-refractivity contribution in [3.63, 3.8) is 0 Å². The molecule has 18 heavy (non-hydrogen) atoms. The fourth-order valence-corrected chi connectivity index (χ4v) is 3.38. The van der Waals surface area contributed by atoms with Gasteiger partial charge >= 0.3 is 5.97 Å². The summed E-state index contributed by atoms with van der Waals surface area (Å²) < 4.78 is 0. The number of carbonyl (C=O) groups is 2. The van der Waals surface area contributed by atoms with Crippen molar-refractivity contribution in [3.05, 3.63) is 0 Å². The summed E-state index contributed by atoms with van der Waals surface area (Å²) in [6.45, 7) is 3.82. The second-order valence-electron chi connectivity index (χ2n) is 5.55. The molecule has 0 spiro atoms. The van der Waals surface area contributed by atoms with Crippen molar-refractivity contribution in [1.82, 2.24) is 4.90 Å². The molecule has 1 amide bonds. The van der Waals surface area contributed by atoms with Crippen molar-refractivity contribution in [2.75, 3.05) is 0 Å². The van der Waals surface area contributed by atoms with Gasteiger partial charge in [-0.3, -0.25) is 9.59 Å². The van der Waals surface area contributed by atoms with Gasteiger partial charge in [-0.1, -0.05) is 13.8 Å². The first-order valence-corrected chi connectivity index (χ1v) is 6.79. The molecule has 2 rings (SSSR count). The van der Waals surface area contributed by atoms with Crippen molar-refractivity contribution < 1.29 is 14.7 Å². The second-order valence-corrected chi connectivity index (χ2v) is 5.55. The number of fused-ring (bicyclic) bond motifs is 2. The highest BCUT2D eigenvalue weighted by Crippen LogP contribution is 2.43. The van der Waals surface area contributed by atoms with Crippen LogP contribution >= 0.6 is 0 Å². The largest absolute Gasteiger partial charge is 0.481 e. The Balaban J connectivity index is 2.20. The van der Waals surface area contributed by atoms with Gasteiger partial charge in [0.25, 0.3) is 0 Å². The minimum atomic E-state index is -0.825. The van der Waals surface area contributed by atoms with E-state index < -0.39 is 17.4 Å². The van der Waals surface area contributed by atoms with Crippen LogP contribution in [0, 0.1) is 5.92 Å². The molecule has 2 bridgehead atoms. The van der Waals surface area contributed by atoms with Crippen LogP contribution in [0.3, 0.4) is 0 Å². The van der Waals surface area contributed by atoms with Gasteiger partial charge in [-0.25, -0.2) is 0 Å². The summed E-state index contributed by atoms with van der Waals surface area (Å²) in [6, 6.07) is -0.0503. The first kappa shape index (κ1) is 13.3. The van der Waals surface area contributed by atoms with Crippen LogP contribution in [-0.2, 0) is 9.59 Å². The average Bonchev–Trinajstić information content (AvgIpc) is 2.94. The van der Waals surface area contributed by atoms with E-state index in [1.165, 1.54) is 0 Å². The Kier molecular flexibility index (Phi) is 3.36. The van der Waals surface area contributed by atoms with Gasteiger partial charge in [0.1, 0.15) is 0 Å². The number of hydrogen-bond acceptors (Lipinski definition) is 3. The molecule has 102 valence electrons.